The number of nitrogens with zero attached hydrogens (tertiary/aromatic N) is 3. The number of hydrogen-bond acceptors (Lipinski definition) is 5. The minimum atomic E-state index is -3.44. The van der Waals surface area contributed by atoms with Crippen molar-refractivity contribution in [1.29, 1.82) is 0 Å². The number of rotatable bonds is 4. The number of fused-ring (bicyclic) bond motifs is 1. The first-order chi connectivity index (χ1) is 11.2. The molecule has 0 radical (unpaired) electrons. The van der Waals surface area contributed by atoms with Crippen molar-refractivity contribution >= 4 is 21.9 Å². The van der Waals surface area contributed by atoms with E-state index in [1.54, 1.807) is 24.5 Å². The maximum absolute atomic E-state index is 12.5. The van der Waals surface area contributed by atoms with Gasteiger partial charge in [0, 0.05) is 44.5 Å². The van der Waals surface area contributed by atoms with Crippen molar-refractivity contribution in [3.63, 3.8) is 0 Å². The number of aromatic nitrogens is 1. The monoisotopic (exact) mass is 353 g/mol. The molecule has 0 spiro atoms. The first-order valence-electron chi connectivity index (χ1n) is 7.57. The molecule has 130 valence electrons. The Labute approximate surface area is 140 Å². The van der Waals surface area contributed by atoms with Crippen molar-refractivity contribution in [3.8, 4) is 0 Å². The van der Waals surface area contributed by atoms with Gasteiger partial charge in [0.05, 0.1) is 12.7 Å². The van der Waals surface area contributed by atoms with Crippen LogP contribution in [0.4, 0.5) is 0 Å². The minimum absolute atomic E-state index is 0.0398. The topological polar surface area (TPSA) is 108 Å². The van der Waals surface area contributed by atoms with Gasteiger partial charge in [-0.15, -0.1) is 0 Å². The fraction of sp³-hybridized carbons (Fsp3) is 0.533. The smallest absolute Gasteiger partial charge is 0.313 e. The predicted molar refractivity (Wildman–Crippen MR) is 84.5 cm³/mol. The molecule has 1 amide bonds. The molecule has 8 nitrogen and oxygen atoms in total. The van der Waals surface area contributed by atoms with Crippen LogP contribution in [0.1, 0.15) is 5.56 Å². The summed E-state index contributed by atoms with van der Waals surface area (Å²) in [4.78, 5) is 29.8. The van der Waals surface area contributed by atoms with Crippen LogP contribution in [0.25, 0.3) is 0 Å². The van der Waals surface area contributed by atoms with Crippen LogP contribution in [0.15, 0.2) is 24.5 Å². The van der Waals surface area contributed by atoms with E-state index in [2.05, 4.69) is 4.98 Å². The second-order valence-corrected chi connectivity index (χ2v) is 8.51. The van der Waals surface area contributed by atoms with Gasteiger partial charge in [-0.1, -0.05) is 6.07 Å². The predicted octanol–water partition coefficient (Wildman–Crippen LogP) is -0.571. The zero-order chi connectivity index (χ0) is 17.5. The average molecular weight is 353 g/mol. The number of carboxylic acid groups (broad SMARTS) is 1. The van der Waals surface area contributed by atoms with Crippen molar-refractivity contribution < 1.29 is 23.1 Å². The van der Waals surface area contributed by atoms with E-state index in [0.29, 0.717) is 0 Å². The standard InChI is InChI=1S/C15H19N3O5S/c1-24(22,23)18-8-12-7-17(9-15(12,10-18)14(20)21)13(19)5-11-3-2-4-16-6-11/h2-4,6,12H,5,7-10H2,1H3,(H,20,21)/t12-,15-/m0/s1. The molecular formula is C15H19N3O5S. The Bertz CT molecular complexity index is 767. The third-order valence-electron chi connectivity index (χ3n) is 4.90. The number of amides is 1. The van der Waals surface area contributed by atoms with Gasteiger partial charge in [0.15, 0.2) is 0 Å². The van der Waals surface area contributed by atoms with E-state index in [4.69, 9.17) is 0 Å². The molecule has 0 bridgehead atoms. The lowest BCUT2D eigenvalue weighted by Gasteiger charge is -2.24. The third-order valence-corrected chi connectivity index (χ3v) is 6.12. The van der Waals surface area contributed by atoms with Gasteiger partial charge in [0.25, 0.3) is 0 Å². The van der Waals surface area contributed by atoms with E-state index < -0.39 is 21.4 Å². The molecule has 0 aromatic carbocycles. The maximum atomic E-state index is 12.5. The van der Waals surface area contributed by atoms with Crippen LogP contribution in [-0.4, -0.2) is 72.0 Å². The van der Waals surface area contributed by atoms with E-state index in [0.717, 1.165) is 11.8 Å². The van der Waals surface area contributed by atoms with E-state index in [1.807, 2.05) is 0 Å². The molecule has 3 rings (SSSR count). The highest BCUT2D eigenvalue weighted by atomic mass is 32.2. The number of likely N-dealkylation sites (tertiary alicyclic amines) is 1. The van der Waals surface area contributed by atoms with E-state index in [-0.39, 0.29) is 44.4 Å². The Morgan fingerprint density at radius 1 is 1.38 bits per heavy atom. The van der Waals surface area contributed by atoms with Gasteiger partial charge in [-0.05, 0) is 11.6 Å². The molecule has 0 unspecified atom stereocenters. The normalized spacial score (nSPS) is 27.2. The van der Waals surface area contributed by atoms with Crippen molar-refractivity contribution in [2.75, 3.05) is 32.4 Å². The largest absolute Gasteiger partial charge is 0.481 e. The maximum Gasteiger partial charge on any atom is 0.313 e. The Hall–Kier alpha value is -2.00. The first kappa shape index (κ1) is 16.8. The summed E-state index contributed by atoms with van der Waals surface area (Å²) in [5.74, 6) is -1.60. The van der Waals surface area contributed by atoms with Gasteiger partial charge in [-0.25, -0.2) is 12.7 Å². The molecule has 0 saturated carbocycles. The summed E-state index contributed by atoms with van der Waals surface area (Å²) in [6, 6.07) is 3.53. The van der Waals surface area contributed by atoms with Crippen LogP contribution in [-0.2, 0) is 26.0 Å². The lowest BCUT2D eigenvalue weighted by atomic mass is 9.81. The second-order valence-electron chi connectivity index (χ2n) is 6.53. The number of aliphatic carboxylic acids is 1. The number of carbonyl (C=O) groups excluding carboxylic acids is 1. The summed E-state index contributed by atoms with van der Waals surface area (Å²) >= 11 is 0. The number of sulfonamides is 1. The third kappa shape index (κ3) is 2.89. The van der Waals surface area contributed by atoms with E-state index in [9.17, 15) is 23.1 Å². The summed E-state index contributed by atoms with van der Waals surface area (Å²) in [7, 11) is -3.44. The lowest BCUT2D eigenvalue weighted by Crippen LogP contribution is -2.43. The summed E-state index contributed by atoms with van der Waals surface area (Å²) in [6.45, 7) is 0.361. The summed E-state index contributed by atoms with van der Waals surface area (Å²) in [5, 5.41) is 9.68. The Kier molecular flexibility index (Phi) is 4.08. The van der Waals surface area contributed by atoms with E-state index in [1.165, 1.54) is 9.21 Å². The minimum Gasteiger partial charge on any atom is -0.481 e. The molecule has 1 aromatic heterocycles. The Balaban J connectivity index is 1.76. The van der Waals surface area contributed by atoms with Crippen LogP contribution >= 0.6 is 0 Å². The molecule has 24 heavy (non-hydrogen) atoms. The number of hydrogen-bond donors (Lipinski definition) is 1. The van der Waals surface area contributed by atoms with Crippen molar-refractivity contribution in [1.82, 2.24) is 14.2 Å². The van der Waals surface area contributed by atoms with Crippen molar-refractivity contribution in [3.05, 3.63) is 30.1 Å². The molecule has 1 N–H and O–H groups in total. The fourth-order valence-corrected chi connectivity index (χ4v) is 4.47. The van der Waals surface area contributed by atoms with Crippen LogP contribution in [0.2, 0.25) is 0 Å². The lowest BCUT2D eigenvalue weighted by molar-refractivity contribution is -0.148. The average Bonchev–Trinajstić information content (AvgIpc) is 3.03. The van der Waals surface area contributed by atoms with Crippen LogP contribution < -0.4 is 0 Å². The van der Waals surface area contributed by atoms with Crippen LogP contribution in [0.5, 0.6) is 0 Å². The molecule has 3 heterocycles. The molecule has 2 atom stereocenters. The first-order valence-corrected chi connectivity index (χ1v) is 9.42. The quantitative estimate of drug-likeness (QED) is 0.777. The van der Waals surface area contributed by atoms with Crippen LogP contribution in [0, 0.1) is 11.3 Å². The second kappa shape index (κ2) is 5.82. The highest BCUT2D eigenvalue weighted by Crippen LogP contribution is 2.43. The van der Waals surface area contributed by atoms with Crippen molar-refractivity contribution in [2.45, 2.75) is 6.42 Å². The highest BCUT2D eigenvalue weighted by molar-refractivity contribution is 7.88. The van der Waals surface area contributed by atoms with Gasteiger partial charge in [-0.2, -0.15) is 0 Å². The van der Waals surface area contributed by atoms with Crippen molar-refractivity contribution in [2.24, 2.45) is 11.3 Å². The SMILES string of the molecule is CS(=O)(=O)N1C[C@@H]2CN(C(=O)Cc3cccnc3)C[C@]2(C(=O)O)C1. The fourth-order valence-electron chi connectivity index (χ4n) is 3.55. The highest BCUT2D eigenvalue weighted by Gasteiger charge is 2.59. The summed E-state index contributed by atoms with van der Waals surface area (Å²) in [5.41, 5.74) is -0.449. The van der Waals surface area contributed by atoms with Gasteiger partial charge in [0.2, 0.25) is 15.9 Å². The molecule has 2 aliphatic rings. The zero-order valence-corrected chi connectivity index (χ0v) is 14.1. The molecular weight excluding hydrogens is 334 g/mol. The van der Waals surface area contributed by atoms with Crippen LogP contribution in [0.3, 0.4) is 0 Å². The number of carbonyl (C=O) groups is 2. The Morgan fingerprint density at radius 3 is 2.67 bits per heavy atom. The molecule has 2 aliphatic heterocycles. The molecule has 9 heteroatoms. The Morgan fingerprint density at radius 2 is 2.12 bits per heavy atom. The van der Waals surface area contributed by atoms with Gasteiger partial charge < -0.3 is 10.0 Å². The zero-order valence-electron chi connectivity index (χ0n) is 13.3. The van der Waals surface area contributed by atoms with Gasteiger partial charge in [0.1, 0.15) is 5.41 Å². The molecule has 1 aromatic rings. The molecule has 0 aliphatic carbocycles. The number of carboxylic acids is 1. The molecule has 2 fully saturated rings. The van der Waals surface area contributed by atoms with Gasteiger partial charge >= 0.3 is 5.97 Å². The summed E-state index contributed by atoms with van der Waals surface area (Å²) < 4.78 is 24.7. The number of pyridine rings is 1. The summed E-state index contributed by atoms with van der Waals surface area (Å²) in [6.07, 6.45) is 4.46. The van der Waals surface area contributed by atoms with Gasteiger partial charge in [-0.3, -0.25) is 14.6 Å². The molecule has 2 saturated heterocycles. The van der Waals surface area contributed by atoms with E-state index >= 15 is 0 Å².